The van der Waals surface area contributed by atoms with Crippen LogP contribution in [0.5, 0.6) is 5.75 Å². The number of nitrogens with zero attached hydrogens (tertiary/aromatic N) is 1. The first kappa shape index (κ1) is 14.2. The predicted molar refractivity (Wildman–Crippen MR) is 75.8 cm³/mol. The second kappa shape index (κ2) is 4.77. The minimum Gasteiger partial charge on any atom is -0.497 e. The van der Waals surface area contributed by atoms with Crippen LogP contribution in [0.1, 0.15) is 38.7 Å². The molecule has 1 aliphatic rings. The summed E-state index contributed by atoms with van der Waals surface area (Å²) in [6, 6.07) is 6.40. The number of fused-ring (bicyclic) bond motifs is 1. The number of ether oxygens (including phenoxy) is 1. The summed E-state index contributed by atoms with van der Waals surface area (Å²) >= 11 is 0. The summed E-state index contributed by atoms with van der Waals surface area (Å²) in [5, 5.41) is 0. The lowest BCUT2D eigenvalue weighted by Gasteiger charge is -2.45. The van der Waals surface area contributed by atoms with Crippen LogP contribution in [0.4, 0.5) is 5.69 Å². The van der Waals surface area contributed by atoms with E-state index in [1.54, 1.807) is 7.11 Å². The fourth-order valence-electron chi connectivity index (χ4n) is 2.68. The first-order valence-corrected chi connectivity index (χ1v) is 5.87. The molecule has 0 saturated heterocycles. The molecule has 0 amide bonds. The van der Waals surface area contributed by atoms with Gasteiger partial charge in [-0.15, -0.1) is 12.4 Å². The first-order valence-electron chi connectivity index (χ1n) is 5.87. The van der Waals surface area contributed by atoms with Crippen molar-refractivity contribution < 1.29 is 4.74 Å². The van der Waals surface area contributed by atoms with E-state index >= 15 is 0 Å². The van der Waals surface area contributed by atoms with E-state index in [2.05, 4.69) is 50.9 Å². The van der Waals surface area contributed by atoms with Crippen LogP contribution in [0.2, 0.25) is 0 Å². The summed E-state index contributed by atoms with van der Waals surface area (Å²) < 4.78 is 5.31. The maximum absolute atomic E-state index is 5.31. The summed E-state index contributed by atoms with van der Waals surface area (Å²) in [6.45, 7) is 6.90. The third kappa shape index (κ3) is 2.37. The molecule has 2 rings (SSSR count). The minimum absolute atomic E-state index is 0. The van der Waals surface area contributed by atoms with Gasteiger partial charge in [0.05, 0.1) is 7.11 Å². The van der Waals surface area contributed by atoms with Crippen LogP contribution in [0.3, 0.4) is 0 Å². The van der Waals surface area contributed by atoms with E-state index in [9.17, 15) is 0 Å². The second-order valence-electron chi connectivity index (χ2n) is 5.40. The number of methoxy groups -OCH3 is 1. The Labute approximate surface area is 110 Å². The molecule has 3 heteroatoms. The lowest BCUT2D eigenvalue weighted by molar-refractivity contribution is 0.389. The van der Waals surface area contributed by atoms with Crippen molar-refractivity contribution in [2.45, 2.75) is 38.6 Å². The number of anilines is 1. The summed E-state index contributed by atoms with van der Waals surface area (Å²) in [5.74, 6) is 1.56. The van der Waals surface area contributed by atoms with Crippen molar-refractivity contribution >= 4 is 18.1 Å². The zero-order chi connectivity index (χ0) is 11.9. The predicted octanol–water partition coefficient (Wildman–Crippen LogP) is 3.84. The number of hydrogen-bond donors (Lipinski definition) is 0. The van der Waals surface area contributed by atoms with Crippen molar-refractivity contribution in [2.24, 2.45) is 0 Å². The van der Waals surface area contributed by atoms with Gasteiger partial charge in [0, 0.05) is 24.3 Å². The van der Waals surface area contributed by atoms with E-state index in [0.717, 1.165) is 5.75 Å². The lowest BCUT2D eigenvalue weighted by atomic mass is 9.80. The lowest BCUT2D eigenvalue weighted by Crippen LogP contribution is -2.45. The molecule has 1 heterocycles. The Kier molecular flexibility index (Phi) is 3.98. The third-order valence-corrected chi connectivity index (χ3v) is 3.84. The van der Waals surface area contributed by atoms with Gasteiger partial charge >= 0.3 is 0 Å². The van der Waals surface area contributed by atoms with Crippen LogP contribution in [-0.2, 0) is 0 Å². The number of rotatable bonds is 1. The molecule has 1 atom stereocenters. The average molecular weight is 256 g/mol. The van der Waals surface area contributed by atoms with Gasteiger partial charge in [0.1, 0.15) is 5.75 Å². The molecule has 0 N–H and O–H groups in total. The van der Waals surface area contributed by atoms with Gasteiger partial charge in [0.15, 0.2) is 0 Å². The van der Waals surface area contributed by atoms with Gasteiger partial charge in [0.2, 0.25) is 0 Å². The normalized spacial score (nSPS) is 21.5. The molecule has 0 radical (unpaired) electrons. The summed E-state index contributed by atoms with van der Waals surface area (Å²) in [4.78, 5) is 2.37. The zero-order valence-corrected chi connectivity index (χ0v) is 12.1. The molecule has 17 heavy (non-hydrogen) atoms. The molecule has 0 spiro atoms. The topological polar surface area (TPSA) is 12.5 Å². The molecule has 0 saturated carbocycles. The summed E-state index contributed by atoms with van der Waals surface area (Å²) in [6.07, 6.45) is 1.20. The third-order valence-electron chi connectivity index (χ3n) is 3.84. The molecule has 0 aromatic heterocycles. The Hall–Kier alpha value is -0.890. The smallest absolute Gasteiger partial charge is 0.120 e. The van der Waals surface area contributed by atoms with Crippen molar-refractivity contribution in [3.63, 3.8) is 0 Å². The molecular formula is C14H22ClNO. The highest BCUT2D eigenvalue weighted by atomic mass is 35.5. The maximum atomic E-state index is 5.31. The first-order chi connectivity index (χ1) is 7.45. The van der Waals surface area contributed by atoms with Gasteiger partial charge in [-0.25, -0.2) is 0 Å². The molecule has 0 aliphatic carbocycles. The van der Waals surface area contributed by atoms with Gasteiger partial charge in [-0.05, 0) is 37.8 Å². The number of halogens is 1. The SMILES string of the molecule is COc1ccc2c(c1)N(C)C(C)(C)CC2C.Cl. The Morgan fingerprint density at radius 3 is 2.59 bits per heavy atom. The van der Waals surface area contributed by atoms with E-state index in [4.69, 9.17) is 4.74 Å². The molecule has 1 aromatic rings. The Morgan fingerprint density at radius 2 is 2.00 bits per heavy atom. The van der Waals surface area contributed by atoms with Crippen molar-refractivity contribution in [2.75, 3.05) is 19.1 Å². The monoisotopic (exact) mass is 255 g/mol. The van der Waals surface area contributed by atoms with E-state index in [1.165, 1.54) is 17.7 Å². The number of hydrogen-bond acceptors (Lipinski definition) is 2. The molecule has 96 valence electrons. The largest absolute Gasteiger partial charge is 0.497 e. The van der Waals surface area contributed by atoms with E-state index in [0.29, 0.717) is 5.92 Å². The second-order valence-corrected chi connectivity index (χ2v) is 5.40. The van der Waals surface area contributed by atoms with Crippen LogP contribution < -0.4 is 9.64 Å². The van der Waals surface area contributed by atoms with Gasteiger partial charge in [0.25, 0.3) is 0 Å². The Bertz CT molecular complexity index is 403. The average Bonchev–Trinajstić information content (AvgIpc) is 2.25. The molecule has 1 aliphatic heterocycles. The van der Waals surface area contributed by atoms with Crippen LogP contribution in [-0.4, -0.2) is 19.7 Å². The fourth-order valence-corrected chi connectivity index (χ4v) is 2.68. The van der Waals surface area contributed by atoms with Gasteiger partial charge in [-0.1, -0.05) is 13.0 Å². The van der Waals surface area contributed by atoms with Crippen LogP contribution in [0.15, 0.2) is 18.2 Å². The van der Waals surface area contributed by atoms with Crippen molar-refractivity contribution in [3.8, 4) is 5.75 Å². The zero-order valence-electron chi connectivity index (χ0n) is 11.3. The molecule has 0 fully saturated rings. The highest BCUT2D eigenvalue weighted by molar-refractivity contribution is 5.85. The van der Waals surface area contributed by atoms with Crippen molar-refractivity contribution in [3.05, 3.63) is 23.8 Å². The molecule has 1 aromatic carbocycles. The molecule has 0 bridgehead atoms. The Morgan fingerprint density at radius 1 is 1.35 bits per heavy atom. The van der Waals surface area contributed by atoms with E-state index in [1.807, 2.05) is 0 Å². The number of benzene rings is 1. The van der Waals surface area contributed by atoms with Crippen LogP contribution >= 0.6 is 12.4 Å². The Balaban J connectivity index is 0.00000144. The van der Waals surface area contributed by atoms with Crippen LogP contribution in [0.25, 0.3) is 0 Å². The maximum Gasteiger partial charge on any atom is 0.120 e. The quantitative estimate of drug-likeness (QED) is 0.756. The highest BCUT2D eigenvalue weighted by Gasteiger charge is 2.34. The van der Waals surface area contributed by atoms with E-state index < -0.39 is 0 Å². The highest BCUT2D eigenvalue weighted by Crippen LogP contribution is 2.43. The summed E-state index contributed by atoms with van der Waals surface area (Å²) in [5.41, 5.74) is 2.96. The van der Waals surface area contributed by atoms with Crippen molar-refractivity contribution in [1.29, 1.82) is 0 Å². The van der Waals surface area contributed by atoms with E-state index in [-0.39, 0.29) is 17.9 Å². The van der Waals surface area contributed by atoms with Crippen LogP contribution in [0, 0.1) is 0 Å². The fraction of sp³-hybridized carbons (Fsp3) is 0.571. The minimum atomic E-state index is 0. The van der Waals surface area contributed by atoms with Gasteiger partial charge in [-0.3, -0.25) is 0 Å². The standard InChI is InChI=1S/C14H21NO.ClH/c1-10-9-14(2,3)15(4)13-8-11(16-5)6-7-12(10)13;/h6-8,10H,9H2,1-5H3;1H. The summed E-state index contributed by atoms with van der Waals surface area (Å²) in [7, 11) is 3.89. The van der Waals surface area contributed by atoms with Gasteiger partial charge in [-0.2, -0.15) is 0 Å². The molecule has 1 unspecified atom stereocenters. The van der Waals surface area contributed by atoms with Gasteiger partial charge < -0.3 is 9.64 Å². The molecule has 2 nitrogen and oxygen atoms in total. The van der Waals surface area contributed by atoms with Crippen molar-refractivity contribution in [1.82, 2.24) is 0 Å². The molecular weight excluding hydrogens is 234 g/mol.